The van der Waals surface area contributed by atoms with Crippen LogP contribution < -0.4 is 0 Å². The van der Waals surface area contributed by atoms with Crippen LogP contribution in [0.2, 0.25) is 0 Å². The molecule has 0 aliphatic rings. The van der Waals surface area contributed by atoms with Gasteiger partial charge in [-0.25, -0.2) is 0 Å². The molecule has 0 amide bonds. The largest absolute Gasteiger partial charge is 0.299 e. The molecule has 0 aliphatic heterocycles. The normalized spacial score (nSPS) is 11.5. The van der Waals surface area contributed by atoms with Gasteiger partial charge in [-0.3, -0.25) is 4.79 Å². The lowest BCUT2D eigenvalue weighted by Crippen LogP contribution is -2.34. The summed E-state index contributed by atoms with van der Waals surface area (Å²) in [5.74, 6) is 0.423. The highest BCUT2D eigenvalue weighted by Gasteiger charge is 2.35. The van der Waals surface area contributed by atoms with Crippen molar-refractivity contribution in [3.05, 3.63) is 35.9 Å². The highest BCUT2D eigenvalue weighted by Crippen LogP contribution is 2.34. The molecule has 0 saturated carbocycles. The Morgan fingerprint density at radius 2 is 1.61 bits per heavy atom. The molecular weight excluding hydrogens is 220 g/mol. The fourth-order valence-corrected chi connectivity index (χ4v) is 2.75. The lowest BCUT2D eigenvalue weighted by Gasteiger charge is -2.31. The van der Waals surface area contributed by atoms with Crippen molar-refractivity contribution in [3.8, 4) is 0 Å². The van der Waals surface area contributed by atoms with Crippen LogP contribution in [-0.2, 0) is 10.2 Å². The lowest BCUT2D eigenvalue weighted by atomic mass is 9.71. The third-order valence-electron chi connectivity index (χ3n) is 4.07. The van der Waals surface area contributed by atoms with Crippen molar-refractivity contribution in [1.29, 1.82) is 0 Å². The minimum absolute atomic E-state index is 0.255. The zero-order valence-electron chi connectivity index (χ0n) is 12.0. The first-order valence-electron chi connectivity index (χ1n) is 7.30. The van der Waals surface area contributed by atoms with E-state index in [1.807, 2.05) is 18.2 Å². The van der Waals surface area contributed by atoms with E-state index in [1.54, 1.807) is 0 Å². The van der Waals surface area contributed by atoms with Gasteiger partial charge < -0.3 is 0 Å². The summed E-state index contributed by atoms with van der Waals surface area (Å²) in [6, 6.07) is 10.3. The third kappa shape index (κ3) is 3.22. The molecular formula is C17H26O. The minimum atomic E-state index is -0.255. The second kappa shape index (κ2) is 7.35. The van der Waals surface area contributed by atoms with Gasteiger partial charge in [0, 0.05) is 6.42 Å². The summed E-state index contributed by atoms with van der Waals surface area (Å²) >= 11 is 0. The number of carbonyl (C=O) groups excluding carboxylic acids is 1. The lowest BCUT2D eigenvalue weighted by molar-refractivity contribution is -0.125. The Kier molecular flexibility index (Phi) is 6.11. The van der Waals surface area contributed by atoms with E-state index >= 15 is 0 Å². The van der Waals surface area contributed by atoms with Gasteiger partial charge in [0.05, 0.1) is 5.41 Å². The van der Waals surface area contributed by atoms with Gasteiger partial charge in [-0.2, -0.15) is 0 Å². The fourth-order valence-electron chi connectivity index (χ4n) is 2.75. The van der Waals surface area contributed by atoms with E-state index in [4.69, 9.17) is 0 Å². The van der Waals surface area contributed by atoms with Gasteiger partial charge in [0.15, 0.2) is 0 Å². The van der Waals surface area contributed by atoms with E-state index in [-0.39, 0.29) is 5.41 Å². The molecule has 0 saturated heterocycles. The topological polar surface area (TPSA) is 17.1 Å². The van der Waals surface area contributed by atoms with E-state index in [0.717, 1.165) is 32.1 Å². The van der Waals surface area contributed by atoms with Crippen molar-refractivity contribution >= 4 is 5.78 Å². The molecule has 100 valence electrons. The maximum absolute atomic E-state index is 12.6. The molecule has 0 bridgehead atoms. The summed E-state index contributed by atoms with van der Waals surface area (Å²) in [5, 5.41) is 0. The van der Waals surface area contributed by atoms with Crippen LogP contribution in [0.25, 0.3) is 0 Å². The number of unbranched alkanes of at least 4 members (excludes halogenated alkanes) is 2. The monoisotopic (exact) mass is 246 g/mol. The summed E-state index contributed by atoms with van der Waals surface area (Å²) < 4.78 is 0. The van der Waals surface area contributed by atoms with Crippen LogP contribution in [0.3, 0.4) is 0 Å². The molecule has 0 N–H and O–H groups in total. The van der Waals surface area contributed by atoms with Gasteiger partial charge in [0.2, 0.25) is 0 Å². The first-order chi connectivity index (χ1) is 8.71. The van der Waals surface area contributed by atoms with Gasteiger partial charge in [-0.05, 0) is 24.8 Å². The minimum Gasteiger partial charge on any atom is -0.299 e. The molecule has 0 atom stereocenters. The first kappa shape index (κ1) is 14.9. The molecule has 0 radical (unpaired) electrons. The Bertz CT molecular complexity index is 349. The number of benzene rings is 1. The molecule has 0 heterocycles. The molecule has 1 nitrogen and oxygen atoms in total. The zero-order valence-corrected chi connectivity index (χ0v) is 12.0. The fraction of sp³-hybridized carbons (Fsp3) is 0.588. The number of hydrogen-bond donors (Lipinski definition) is 0. The maximum Gasteiger partial charge on any atom is 0.143 e. The summed E-state index contributed by atoms with van der Waals surface area (Å²) in [6.07, 6.45) is 5.89. The van der Waals surface area contributed by atoms with Gasteiger partial charge in [0.1, 0.15) is 5.78 Å². The van der Waals surface area contributed by atoms with E-state index < -0.39 is 0 Å². The average Bonchev–Trinajstić information content (AvgIpc) is 2.42. The Hall–Kier alpha value is -1.11. The molecule has 1 heteroatoms. The maximum atomic E-state index is 12.6. The van der Waals surface area contributed by atoms with Gasteiger partial charge in [0.25, 0.3) is 0 Å². The molecule has 0 spiro atoms. The predicted octanol–water partition coefficient (Wildman–Crippen LogP) is 4.89. The molecule has 0 fully saturated rings. The SMILES string of the molecule is CCCCCC(=O)C(CC)(CC)c1ccccc1. The number of Topliss-reactive ketones (excluding diaryl/α,β-unsaturated/α-hetero) is 1. The van der Waals surface area contributed by atoms with Crippen LogP contribution >= 0.6 is 0 Å². The number of carbonyl (C=O) groups is 1. The van der Waals surface area contributed by atoms with Crippen molar-refractivity contribution in [2.24, 2.45) is 0 Å². The number of hydrogen-bond acceptors (Lipinski definition) is 1. The second-order valence-electron chi connectivity index (χ2n) is 5.04. The van der Waals surface area contributed by atoms with Crippen LogP contribution in [0.4, 0.5) is 0 Å². The Balaban J connectivity index is 2.90. The standard InChI is InChI=1S/C17H26O/c1-4-7-9-14-16(18)17(5-2,6-3)15-12-10-8-11-13-15/h8,10-13H,4-7,9,14H2,1-3H3. The van der Waals surface area contributed by atoms with Crippen molar-refractivity contribution in [1.82, 2.24) is 0 Å². The van der Waals surface area contributed by atoms with Gasteiger partial charge in [-0.1, -0.05) is 63.9 Å². The van der Waals surface area contributed by atoms with Crippen molar-refractivity contribution in [3.63, 3.8) is 0 Å². The smallest absolute Gasteiger partial charge is 0.143 e. The third-order valence-corrected chi connectivity index (χ3v) is 4.07. The molecule has 1 rings (SSSR count). The van der Waals surface area contributed by atoms with Crippen LogP contribution in [0.1, 0.15) is 64.9 Å². The summed E-state index contributed by atoms with van der Waals surface area (Å²) in [5.41, 5.74) is 0.936. The highest BCUT2D eigenvalue weighted by molar-refractivity contribution is 5.90. The summed E-state index contributed by atoms with van der Waals surface area (Å²) in [4.78, 5) is 12.6. The Labute approximate surface area is 112 Å². The van der Waals surface area contributed by atoms with Crippen molar-refractivity contribution in [2.75, 3.05) is 0 Å². The van der Waals surface area contributed by atoms with Gasteiger partial charge in [-0.15, -0.1) is 0 Å². The molecule has 0 aliphatic carbocycles. The highest BCUT2D eigenvalue weighted by atomic mass is 16.1. The van der Waals surface area contributed by atoms with Crippen LogP contribution in [0.5, 0.6) is 0 Å². The van der Waals surface area contributed by atoms with Crippen LogP contribution in [-0.4, -0.2) is 5.78 Å². The van der Waals surface area contributed by atoms with Crippen molar-refractivity contribution in [2.45, 2.75) is 64.7 Å². The average molecular weight is 246 g/mol. The number of ketones is 1. The predicted molar refractivity (Wildman–Crippen MR) is 77.9 cm³/mol. The van der Waals surface area contributed by atoms with Gasteiger partial charge >= 0.3 is 0 Å². The second-order valence-corrected chi connectivity index (χ2v) is 5.04. The quantitative estimate of drug-likeness (QED) is 0.597. The molecule has 18 heavy (non-hydrogen) atoms. The molecule has 0 unspecified atom stereocenters. The van der Waals surface area contributed by atoms with Crippen LogP contribution in [0.15, 0.2) is 30.3 Å². The van der Waals surface area contributed by atoms with E-state index in [9.17, 15) is 4.79 Å². The molecule has 1 aromatic rings. The summed E-state index contributed by atoms with van der Waals surface area (Å²) in [7, 11) is 0. The number of rotatable bonds is 8. The molecule has 1 aromatic carbocycles. The van der Waals surface area contributed by atoms with E-state index in [0.29, 0.717) is 5.78 Å². The Morgan fingerprint density at radius 1 is 1.00 bits per heavy atom. The summed E-state index contributed by atoms with van der Waals surface area (Å²) in [6.45, 7) is 6.44. The Morgan fingerprint density at radius 3 is 2.11 bits per heavy atom. The van der Waals surface area contributed by atoms with Crippen molar-refractivity contribution < 1.29 is 4.79 Å². The first-order valence-corrected chi connectivity index (χ1v) is 7.30. The zero-order chi connectivity index (χ0) is 13.4. The van der Waals surface area contributed by atoms with E-state index in [2.05, 4.69) is 32.9 Å². The van der Waals surface area contributed by atoms with E-state index in [1.165, 1.54) is 12.0 Å². The molecule has 0 aromatic heterocycles. The van der Waals surface area contributed by atoms with Crippen LogP contribution in [0, 0.1) is 0 Å².